The molecule has 1 aromatic heterocycles. The largest absolute Gasteiger partial charge is 0.322 e. The number of sulfonamides is 2. The molecule has 3 aromatic carbocycles. The van der Waals surface area contributed by atoms with E-state index in [-0.39, 0.29) is 20.5 Å². The Morgan fingerprint density at radius 2 is 1.50 bits per heavy atom. The van der Waals surface area contributed by atoms with Crippen molar-refractivity contribution in [2.45, 2.75) is 9.79 Å². The Bertz CT molecular complexity index is 1570. The van der Waals surface area contributed by atoms with E-state index in [2.05, 4.69) is 15.0 Å². The van der Waals surface area contributed by atoms with E-state index in [9.17, 15) is 21.6 Å². The second-order valence-electron chi connectivity index (χ2n) is 7.39. The summed E-state index contributed by atoms with van der Waals surface area (Å²) < 4.78 is 54.0. The molecule has 0 unspecified atom stereocenters. The van der Waals surface area contributed by atoms with Gasteiger partial charge in [-0.25, -0.2) is 21.8 Å². The summed E-state index contributed by atoms with van der Waals surface area (Å²) >= 11 is 7.00. The van der Waals surface area contributed by atoms with E-state index in [0.29, 0.717) is 16.4 Å². The van der Waals surface area contributed by atoms with Crippen LogP contribution in [0.15, 0.2) is 94.2 Å². The minimum atomic E-state index is -3.81. The summed E-state index contributed by atoms with van der Waals surface area (Å²) in [5.74, 6) is -0.443. The van der Waals surface area contributed by atoms with E-state index in [4.69, 9.17) is 11.6 Å². The fraction of sp³-hybridized carbons (Fsp3) is 0.0435. The minimum Gasteiger partial charge on any atom is -0.322 e. The molecule has 0 bridgehead atoms. The van der Waals surface area contributed by atoms with Crippen molar-refractivity contribution in [3.05, 3.63) is 95.0 Å². The molecule has 0 aliphatic rings. The number of benzene rings is 3. The molecule has 0 atom stereocenters. The Kier molecular flexibility index (Phi) is 7.31. The minimum absolute atomic E-state index is 0.0185. The van der Waals surface area contributed by atoms with Crippen LogP contribution in [0.3, 0.4) is 0 Å². The second kappa shape index (κ2) is 10.3. The number of amides is 1. The Balaban J connectivity index is 1.43. The van der Waals surface area contributed by atoms with Gasteiger partial charge in [0, 0.05) is 34.9 Å². The van der Waals surface area contributed by atoms with Gasteiger partial charge in [-0.1, -0.05) is 11.6 Å². The molecule has 1 amide bonds. The molecule has 0 fully saturated rings. The highest BCUT2D eigenvalue weighted by Gasteiger charge is 2.21. The molecule has 0 spiro atoms. The standard InChI is InChI=1S/C23H19ClN4O5S3/c1-28(36(32,33)21-10-4-17(24)5-11-21)19-8-2-16(3-9-19)22(29)26-18-6-12-20(13-7-18)35(30,31)27-23-25-14-15-34-23/h2-15H,1H3,(H,25,27)(H,26,29). The van der Waals surface area contributed by atoms with Gasteiger partial charge in [-0.2, -0.15) is 0 Å². The smallest absolute Gasteiger partial charge is 0.264 e. The summed E-state index contributed by atoms with van der Waals surface area (Å²) in [6.07, 6.45) is 1.49. The van der Waals surface area contributed by atoms with Crippen molar-refractivity contribution >= 4 is 65.4 Å². The summed E-state index contributed by atoms with van der Waals surface area (Å²) in [7, 11) is -6.20. The molecule has 4 rings (SSSR count). The van der Waals surface area contributed by atoms with E-state index in [0.717, 1.165) is 15.6 Å². The fourth-order valence-corrected chi connectivity index (χ4v) is 6.20. The van der Waals surface area contributed by atoms with E-state index in [1.54, 1.807) is 5.38 Å². The Hall–Kier alpha value is -3.45. The Labute approximate surface area is 217 Å². The van der Waals surface area contributed by atoms with Gasteiger partial charge < -0.3 is 5.32 Å². The monoisotopic (exact) mass is 562 g/mol. The molecule has 4 aromatic rings. The van der Waals surface area contributed by atoms with Gasteiger partial charge in [0.1, 0.15) is 0 Å². The van der Waals surface area contributed by atoms with Gasteiger partial charge in [-0.15, -0.1) is 11.3 Å². The van der Waals surface area contributed by atoms with Gasteiger partial charge in [0.2, 0.25) is 0 Å². The number of nitrogens with zero attached hydrogens (tertiary/aromatic N) is 2. The molecule has 0 aliphatic carbocycles. The third-order valence-electron chi connectivity index (χ3n) is 5.04. The summed E-state index contributed by atoms with van der Waals surface area (Å²) in [6, 6.07) is 17.5. The van der Waals surface area contributed by atoms with E-state index in [1.807, 2.05) is 0 Å². The molecule has 0 saturated carbocycles. The number of nitrogens with one attached hydrogen (secondary N) is 2. The van der Waals surface area contributed by atoms with Crippen LogP contribution in [-0.4, -0.2) is 34.8 Å². The number of anilines is 3. The predicted molar refractivity (Wildman–Crippen MR) is 141 cm³/mol. The first-order valence-electron chi connectivity index (χ1n) is 10.2. The first-order chi connectivity index (χ1) is 17.1. The average Bonchev–Trinajstić information content (AvgIpc) is 3.36. The molecule has 36 heavy (non-hydrogen) atoms. The zero-order chi connectivity index (χ0) is 25.9. The highest BCUT2D eigenvalue weighted by Crippen LogP contribution is 2.24. The second-order valence-corrected chi connectivity index (χ2v) is 12.4. The number of aromatic nitrogens is 1. The van der Waals surface area contributed by atoms with Gasteiger partial charge in [-0.3, -0.25) is 13.8 Å². The number of halogens is 1. The van der Waals surface area contributed by atoms with Crippen LogP contribution in [0.1, 0.15) is 10.4 Å². The van der Waals surface area contributed by atoms with Crippen molar-refractivity contribution in [3.8, 4) is 0 Å². The van der Waals surface area contributed by atoms with Gasteiger partial charge in [0.25, 0.3) is 26.0 Å². The third kappa shape index (κ3) is 5.68. The quantitative estimate of drug-likeness (QED) is 0.321. The Morgan fingerprint density at radius 3 is 2.08 bits per heavy atom. The van der Waals surface area contributed by atoms with Crippen molar-refractivity contribution in [1.82, 2.24) is 4.98 Å². The highest BCUT2D eigenvalue weighted by atomic mass is 35.5. The van der Waals surface area contributed by atoms with Gasteiger partial charge >= 0.3 is 0 Å². The van der Waals surface area contributed by atoms with Crippen LogP contribution in [0.25, 0.3) is 0 Å². The van der Waals surface area contributed by atoms with E-state index in [1.165, 1.54) is 86.0 Å². The van der Waals surface area contributed by atoms with Crippen molar-refractivity contribution in [2.24, 2.45) is 0 Å². The number of thiazole rings is 1. The topological polar surface area (TPSA) is 126 Å². The van der Waals surface area contributed by atoms with Crippen LogP contribution in [0, 0.1) is 0 Å². The van der Waals surface area contributed by atoms with Gasteiger partial charge in [-0.05, 0) is 72.8 Å². The van der Waals surface area contributed by atoms with Crippen LogP contribution < -0.4 is 14.3 Å². The van der Waals surface area contributed by atoms with Crippen LogP contribution in [0.4, 0.5) is 16.5 Å². The number of hydrogen-bond acceptors (Lipinski definition) is 7. The maximum Gasteiger partial charge on any atom is 0.264 e. The molecule has 13 heteroatoms. The molecule has 186 valence electrons. The van der Waals surface area contributed by atoms with Crippen LogP contribution in [0.2, 0.25) is 5.02 Å². The number of rotatable bonds is 8. The maximum absolute atomic E-state index is 12.8. The molecular weight excluding hydrogens is 544 g/mol. The predicted octanol–water partition coefficient (Wildman–Crippen LogP) is 4.67. The zero-order valence-electron chi connectivity index (χ0n) is 18.6. The number of hydrogen-bond donors (Lipinski definition) is 2. The molecule has 0 saturated heterocycles. The molecule has 2 N–H and O–H groups in total. The lowest BCUT2D eigenvalue weighted by Crippen LogP contribution is -2.26. The third-order valence-corrected chi connectivity index (χ3v) is 9.27. The summed E-state index contributed by atoms with van der Waals surface area (Å²) in [4.78, 5) is 16.6. The summed E-state index contributed by atoms with van der Waals surface area (Å²) in [5.41, 5.74) is 1.04. The summed E-state index contributed by atoms with van der Waals surface area (Å²) in [5, 5.41) is 5.01. The normalized spacial score (nSPS) is 11.6. The van der Waals surface area contributed by atoms with Gasteiger partial charge in [0.05, 0.1) is 15.5 Å². The van der Waals surface area contributed by atoms with Crippen LogP contribution in [0.5, 0.6) is 0 Å². The van der Waals surface area contributed by atoms with Crippen molar-refractivity contribution < 1.29 is 21.6 Å². The maximum atomic E-state index is 12.8. The van der Waals surface area contributed by atoms with Crippen LogP contribution >= 0.6 is 22.9 Å². The van der Waals surface area contributed by atoms with Crippen molar-refractivity contribution in [1.29, 1.82) is 0 Å². The molecule has 0 aliphatic heterocycles. The molecule has 9 nitrogen and oxygen atoms in total. The average molecular weight is 563 g/mol. The SMILES string of the molecule is CN(c1ccc(C(=O)Nc2ccc(S(=O)(=O)Nc3nccs3)cc2)cc1)S(=O)(=O)c1ccc(Cl)cc1. The zero-order valence-corrected chi connectivity index (χ0v) is 21.8. The first-order valence-corrected chi connectivity index (χ1v) is 14.4. The number of carbonyl (C=O) groups is 1. The van der Waals surface area contributed by atoms with Crippen molar-refractivity contribution in [2.75, 3.05) is 21.4 Å². The fourth-order valence-electron chi connectivity index (χ4n) is 3.09. The first kappa shape index (κ1) is 25.6. The van der Waals surface area contributed by atoms with Crippen molar-refractivity contribution in [3.63, 3.8) is 0 Å². The Morgan fingerprint density at radius 1 is 0.889 bits per heavy atom. The van der Waals surface area contributed by atoms with Gasteiger partial charge in [0.15, 0.2) is 5.13 Å². The molecule has 0 radical (unpaired) electrons. The molecular formula is C23H19ClN4O5S3. The highest BCUT2D eigenvalue weighted by molar-refractivity contribution is 7.93. The lowest BCUT2D eigenvalue weighted by atomic mass is 10.2. The lowest BCUT2D eigenvalue weighted by Gasteiger charge is -2.20. The lowest BCUT2D eigenvalue weighted by molar-refractivity contribution is 0.102. The van der Waals surface area contributed by atoms with E-state index >= 15 is 0 Å². The van der Waals surface area contributed by atoms with E-state index < -0.39 is 26.0 Å². The molecule has 1 heterocycles. The number of carbonyl (C=O) groups excluding carboxylic acids is 1. The van der Waals surface area contributed by atoms with Crippen LogP contribution in [-0.2, 0) is 20.0 Å². The summed E-state index contributed by atoms with van der Waals surface area (Å²) in [6.45, 7) is 0.